The van der Waals surface area contributed by atoms with Crippen LogP contribution >= 0.6 is 0 Å². The molecule has 0 atom stereocenters. The lowest BCUT2D eigenvalue weighted by molar-refractivity contribution is 0.0474. The van der Waals surface area contributed by atoms with Crippen molar-refractivity contribution in [2.45, 2.75) is 11.8 Å². The van der Waals surface area contributed by atoms with E-state index in [0.29, 0.717) is 30.3 Å². The molecule has 0 saturated carbocycles. The van der Waals surface area contributed by atoms with Crippen molar-refractivity contribution in [3.8, 4) is 11.5 Å². The van der Waals surface area contributed by atoms with E-state index in [1.807, 2.05) is 0 Å². The molecule has 32 heavy (non-hydrogen) atoms. The second kappa shape index (κ2) is 10.1. The Morgan fingerprint density at radius 2 is 1.62 bits per heavy atom. The van der Waals surface area contributed by atoms with Gasteiger partial charge in [-0.1, -0.05) is 6.07 Å². The minimum Gasteiger partial charge on any atom is -0.493 e. The first kappa shape index (κ1) is 23.7. The maximum absolute atomic E-state index is 13.0. The number of carbonyl (C=O) groups is 2. The molecule has 1 aliphatic heterocycles. The molecule has 1 fully saturated rings. The number of ketones is 1. The van der Waals surface area contributed by atoms with Crippen molar-refractivity contribution in [3.05, 3.63) is 53.1 Å². The van der Waals surface area contributed by atoms with Crippen LogP contribution in [0.4, 0.5) is 0 Å². The molecular formula is C22H25NO8S. The van der Waals surface area contributed by atoms with E-state index in [2.05, 4.69) is 0 Å². The Hall–Kier alpha value is -2.95. The summed E-state index contributed by atoms with van der Waals surface area (Å²) in [5, 5.41) is 0. The zero-order valence-corrected chi connectivity index (χ0v) is 18.9. The highest BCUT2D eigenvalue weighted by Crippen LogP contribution is 2.28. The summed E-state index contributed by atoms with van der Waals surface area (Å²) in [5.41, 5.74) is 0.840. The highest BCUT2D eigenvalue weighted by atomic mass is 32.2. The second-order valence-corrected chi connectivity index (χ2v) is 8.97. The molecule has 0 radical (unpaired) electrons. The van der Waals surface area contributed by atoms with Gasteiger partial charge in [-0.3, -0.25) is 4.79 Å². The first-order chi connectivity index (χ1) is 15.3. The Kier molecular flexibility index (Phi) is 7.49. The Labute approximate surface area is 186 Å². The molecule has 1 aliphatic rings. The van der Waals surface area contributed by atoms with Gasteiger partial charge in [-0.25, -0.2) is 13.2 Å². The number of morpholine rings is 1. The Morgan fingerprint density at radius 3 is 2.28 bits per heavy atom. The fourth-order valence-corrected chi connectivity index (χ4v) is 4.90. The van der Waals surface area contributed by atoms with Crippen LogP contribution in [0.1, 0.15) is 26.3 Å². The van der Waals surface area contributed by atoms with Gasteiger partial charge in [0.05, 0.1) is 37.9 Å². The molecule has 9 nitrogen and oxygen atoms in total. The van der Waals surface area contributed by atoms with Crippen LogP contribution in [0.5, 0.6) is 11.5 Å². The van der Waals surface area contributed by atoms with Crippen molar-refractivity contribution in [2.24, 2.45) is 0 Å². The Morgan fingerprint density at radius 1 is 0.969 bits per heavy atom. The molecule has 2 aromatic carbocycles. The van der Waals surface area contributed by atoms with Crippen molar-refractivity contribution in [1.29, 1.82) is 0 Å². The van der Waals surface area contributed by atoms with Crippen molar-refractivity contribution in [3.63, 3.8) is 0 Å². The van der Waals surface area contributed by atoms with Gasteiger partial charge >= 0.3 is 5.97 Å². The van der Waals surface area contributed by atoms with Crippen LogP contribution in [0.3, 0.4) is 0 Å². The van der Waals surface area contributed by atoms with Crippen LogP contribution in [-0.2, 0) is 19.5 Å². The van der Waals surface area contributed by atoms with Gasteiger partial charge < -0.3 is 18.9 Å². The van der Waals surface area contributed by atoms with Crippen LogP contribution in [-0.4, -0.2) is 71.6 Å². The van der Waals surface area contributed by atoms with Crippen LogP contribution in [0.15, 0.2) is 41.3 Å². The molecule has 0 bridgehead atoms. The SMILES string of the molecule is COc1ccc(C(=O)COC(=O)c2ccc(C)c(S(=O)(=O)N3CCOCC3)c2)cc1OC. The molecule has 0 unspecified atom stereocenters. The largest absolute Gasteiger partial charge is 0.493 e. The van der Waals surface area contributed by atoms with E-state index in [0.717, 1.165) is 0 Å². The summed E-state index contributed by atoms with van der Waals surface area (Å²) in [6.45, 7) is 2.28. The van der Waals surface area contributed by atoms with Crippen LogP contribution in [0.2, 0.25) is 0 Å². The summed E-state index contributed by atoms with van der Waals surface area (Å²) < 4.78 is 48.0. The maximum Gasteiger partial charge on any atom is 0.338 e. The van der Waals surface area contributed by atoms with E-state index in [4.69, 9.17) is 18.9 Å². The monoisotopic (exact) mass is 463 g/mol. The number of hydrogen-bond acceptors (Lipinski definition) is 8. The molecular weight excluding hydrogens is 438 g/mol. The zero-order chi connectivity index (χ0) is 23.3. The number of esters is 1. The predicted molar refractivity (Wildman–Crippen MR) is 115 cm³/mol. The van der Waals surface area contributed by atoms with Crippen LogP contribution in [0.25, 0.3) is 0 Å². The highest BCUT2D eigenvalue weighted by Gasteiger charge is 2.28. The van der Waals surface area contributed by atoms with Crippen molar-refractivity contribution < 1.29 is 37.0 Å². The molecule has 0 aliphatic carbocycles. The number of hydrogen-bond donors (Lipinski definition) is 0. The topological polar surface area (TPSA) is 108 Å². The number of rotatable bonds is 8. The molecule has 2 aromatic rings. The predicted octanol–water partition coefficient (Wildman–Crippen LogP) is 2.07. The number of sulfonamides is 1. The zero-order valence-electron chi connectivity index (χ0n) is 18.1. The van der Waals surface area contributed by atoms with Crippen molar-refractivity contribution in [2.75, 3.05) is 47.1 Å². The third-order valence-electron chi connectivity index (χ3n) is 5.05. The quantitative estimate of drug-likeness (QED) is 0.432. The minimum atomic E-state index is -3.78. The standard InChI is InChI=1S/C22H25NO8S/c1-15-4-5-17(13-21(15)32(26,27)23-8-10-30-11-9-23)22(25)31-14-18(24)16-6-7-19(28-2)20(12-16)29-3/h4-7,12-13H,8-11,14H2,1-3H3. The van der Waals surface area contributed by atoms with E-state index < -0.39 is 28.4 Å². The van der Waals surface area contributed by atoms with E-state index in [1.54, 1.807) is 19.1 Å². The Balaban J connectivity index is 1.73. The number of Topliss-reactive ketones (excluding diaryl/α,β-unsaturated/α-hetero) is 1. The molecule has 0 spiro atoms. The molecule has 0 aromatic heterocycles. The van der Waals surface area contributed by atoms with Gasteiger partial charge in [-0.2, -0.15) is 4.31 Å². The van der Waals surface area contributed by atoms with Gasteiger partial charge in [-0.15, -0.1) is 0 Å². The molecule has 1 saturated heterocycles. The maximum atomic E-state index is 13.0. The normalized spacial score (nSPS) is 14.6. The minimum absolute atomic E-state index is 0.0278. The highest BCUT2D eigenvalue weighted by molar-refractivity contribution is 7.89. The molecule has 0 amide bonds. The first-order valence-corrected chi connectivity index (χ1v) is 11.3. The smallest absolute Gasteiger partial charge is 0.338 e. The summed E-state index contributed by atoms with van der Waals surface area (Å²) in [5.74, 6) is -0.388. The summed E-state index contributed by atoms with van der Waals surface area (Å²) >= 11 is 0. The van der Waals surface area contributed by atoms with Gasteiger partial charge in [0.15, 0.2) is 23.9 Å². The summed E-state index contributed by atoms with van der Waals surface area (Å²) in [7, 11) is -0.852. The first-order valence-electron chi connectivity index (χ1n) is 9.89. The Bertz CT molecular complexity index is 1110. The lowest BCUT2D eigenvalue weighted by Crippen LogP contribution is -2.40. The van der Waals surface area contributed by atoms with Gasteiger partial charge in [0.25, 0.3) is 0 Å². The number of methoxy groups -OCH3 is 2. The third-order valence-corrected chi connectivity index (χ3v) is 7.09. The molecule has 3 rings (SSSR count). The van der Waals surface area contributed by atoms with Crippen molar-refractivity contribution >= 4 is 21.8 Å². The molecule has 1 heterocycles. The fraction of sp³-hybridized carbons (Fsp3) is 0.364. The molecule has 172 valence electrons. The molecule has 10 heteroatoms. The average molecular weight is 464 g/mol. The fourth-order valence-electron chi connectivity index (χ4n) is 3.24. The summed E-state index contributed by atoms with van der Waals surface area (Å²) in [6.07, 6.45) is 0. The number of ether oxygens (including phenoxy) is 4. The number of nitrogens with zero attached hydrogens (tertiary/aromatic N) is 1. The van der Waals surface area contributed by atoms with Crippen LogP contribution < -0.4 is 9.47 Å². The van der Waals surface area contributed by atoms with Gasteiger partial charge in [0, 0.05) is 18.7 Å². The van der Waals surface area contributed by atoms with E-state index in [-0.39, 0.29) is 29.1 Å². The lowest BCUT2D eigenvalue weighted by Gasteiger charge is -2.26. The number of aryl methyl sites for hydroxylation is 1. The average Bonchev–Trinajstić information content (AvgIpc) is 2.82. The molecule has 0 N–H and O–H groups in total. The van der Waals surface area contributed by atoms with E-state index >= 15 is 0 Å². The lowest BCUT2D eigenvalue weighted by atomic mass is 10.1. The third kappa shape index (κ3) is 5.09. The number of carbonyl (C=O) groups excluding carboxylic acids is 2. The van der Waals surface area contributed by atoms with Crippen molar-refractivity contribution in [1.82, 2.24) is 4.31 Å². The van der Waals surface area contributed by atoms with E-state index in [9.17, 15) is 18.0 Å². The van der Waals surface area contributed by atoms with Gasteiger partial charge in [-0.05, 0) is 42.8 Å². The number of benzene rings is 2. The van der Waals surface area contributed by atoms with E-state index in [1.165, 1.54) is 42.8 Å². The summed E-state index contributed by atoms with van der Waals surface area (Å²) in [4.78, 5) is 25.0. The second-order valence-electron chi connectivity index (χ2n) is 7.07. The van der Waals surface area contributed by atoms with Gasteiger partial charge in [0.1, 0.15) is 0 Å². The van der Waals surface area contributed by atoms with Crippen LogP contribution in [0, 0.1) is 6.92 Å². The summed E-state index contributed by atoms with van der Waals surface area (Å²) in [6, 6.07) is 8.90. The van der Waals surface area contributed by atoms with Gasteiger partial charge in [0.2, 0.25) is 10.0 Å².